The Kier molecular flexibility index (Phi) is 17.7. The van der Waals surface area contributed by atoms with E-state index in [2.05, 4.69) is 473 Å². The summed E-state index contributed by atoms with van der Waals surface area (Å²) in [5.41, 5.74) is 32.3. The summed E-state index contributed by atoms with van der Waals surface area (Å²) in [7, 11) is 0. The highest BCUT2D eigenvalue weighted by atomic mass is 15.0. The lowest BCUT2D eigenvalue weighted by Crippen LogP contribution is -1.96. The predicted molar refractivity (Wildman–Crippen MR) is 549 cm³/mol. The van der Waals surface area contributed by atoms with Crippen LogP contribution >= 0.6 is 0 Å². The number of hydrogen-bond acceptors (Lipinski definition) is 5. The Morgan fingerprint density at radius 2 is 0.470 bits per heavy atom. The van der Waals surface area contributed by atoms with Gasteiger partial charge in [-0.15, -0.1) is 0 Å². The highest BCUT2D eigenvalue weighted by Gasteiger charge is 2.25. The summed E-state index contributed by atoms with van der Waals surface area (Å²) >= 11 is 0. The van der Waals surface area contributed by atoms with Crippen molar-refractivity contribution >= 4 is 164 Å². The zero-order valence-electron chi connectivity index (χ0n) is 71.4. The van der Waals surface area contributed by atoms with Gasteiger partial charge in [0.15, 0.2) is 11.3 Å². The van der Waals surface area contributed by atoms with E-state index in [9.17, 15) is 0 Å². The molecule has 0 saturated heterocycles. The third-order valence-electron chi connectivity index (χ3n) is 26.4. The molecule has 0 aliphatic heterocycles. The average Bonchev–Trinajstić information content (AvgIpc) is 1.57. The molecule has 0 aliphatic carbocycles. The number of para-hydroxylation sites is 10. The van der Waals surface area contributed by atoms with Crippen LogP contribution in [0, 0.1) is 0 Å². The first-order valence-corrected chi connectivity index (χ1v) is 44.7. The van der Waals surface area contributed by atoms with Gasteiger partial charge in [-0.3, -0.25) is 0 Å². The maximum absolute atomic E-state index is 5.18. The van der Waals surface area contributed by atoms with Gasteiger partial charge in [0, 0.05) is 145 Å². The Bertz CT molecular complexity index is 9480. The topological polar surface area (TPSA) is 94.0 Å². The molecule has 11 aromatic heterocycles. The van der Waals surface area contributed by atoms with Gasteiger partial charge >= 0.3 is 0 Å². The molecular formula is C121H77N11. The molecule has 616 valence electrons. The van der Waals surface area contributed by atoms with Crippen LogP contribution in [-0.2, 0) is 0 Å². The summed E-state index contributed by atoms with van der Waals surface area (Å²) in [5.74, 6) is 0. The van der Waals surface area contributed by atoms with Crippen LogP contribution < -0.4 is 0 Å². The second kappa shape index (κ2) is 31.0. The first kappa shape index (κ1) is 75.4. The largest absolute Gasteiger partial charge is 0.309 e. The van der Waals surface area contributed by atoms with Gasteiger partial charge in [0.05, 0.1) is 83.1 Å². The number of pyridine rings is 5. The summed E-state index contributed by atoms with van der Waals surface area (Å²) in [5, 5.41) is 18.3. The Hall–Kier alpha value is -17.9. The summed E-state index contributed by atoms with van der Waals surface area (Å²) in [6.07, 6.45) is 5.43. The highest BCUT2D eigenvalue weighted by molar-refractivity contribution is 6.23. The Morgan fingerprint density at radius 3 is 0.902 bits per heavy atom. The molecule has 0 radical (unpaired) electrons. The van der Waals surface area contributed by atoms with Crippen molar-refractivity contribution in [3.05, 3.63) is 468 Å². The first-order chi connectivity index (χ1) is 65.5. The van der Waals surface area contributed by atoms with Gasteiger partial charge < -0.3 is 27.4 Å². The van der Waals surface area contributed by atoms with E-state index >= 15 is 0 Å². The van der Waals surface area contributed by atoms with Crippen molar-refractivity contribution in [1.82, 2.24) is 52.3 Å². The predicted octanol–water partition coefficient (Wildman–Crippen LogP) is 30.7. The van der Waals surface area contributed by atoms with Crippen molar-refractivity contribution < 1.29 is 0 Å². The molecule has 0 amide bonds. The van der Waals surface area contributed by atoms with Crippen molar-refractivity contribution in [2.45, 2.75) is 0 Å². The van der Waals surface area contributed by atoms with Crippen molar-refractivity contribution in [3.63, 3.8) is 0 Å². The molecule has 11 heterocycles. The fourth-order valence-corrected chi connectivity index (χ4v) is 20.6. The molecule has 0 atom stereocenters. The molecule has 0 N–H and O–H groups in total. The number of aromatic nitrogens is 11. The Balaban J connectivity index is 0.000000104. The maximum atomic E-state index is 5.18. The van der Waals surface area contributed by atoms with Crippen LogP contribution in [0.4, 0.5) is 0 Å². The highest BCUT2D eigenvalue weighted by Crippen LogP contribution is 2.46. The Labute approximate surface area is 757 Å². The molecule has 28 rings (SSSR count). The van der Waals surface area contributed by atoms with Crippen molar-refractivity contribution in [3.8, 4) is 78.9 Å². The van der Waals surface area contributed by atoms with Gasteiger partial charge in [-0.2, -0.15) is 0 Å². The molecule has 0 spiro atoms. The van der Waals surface area contributed by atoms with Crippen LogP contribution in [0.5, 0.6) is 0 Å². The maximum Gasteiger partial charge on any atom is 0.159 e. The van der Waals surface area contributed by atoms with E-state index in [4.69, 9.17) is 9.97 Å². The minimum Gasteiger partial charge on any atom is -0.309 e. The molecule has 11 heteroatoms. The number of nitrogens with zero attached hydrogens (tertiary/aromatic N) is 11. The van der Waals surface area contributed by atoms with E-state index in [1.54, 1.807) is 12.4 Å². The smallest absolute Gasteiger partial charge is 0.159 e. The zero-order chi connectivity index (χ0) is 86.9. The van der Waals surface area contributed by atoms with Gasteiger partial charge in [0.1, 0.15) is 0 Å². The average molecular weight is 1690 g/mol. The number of benzene rings is 17. The number of hydrogen-bond donors (Lipinski definition) is 0. The minimum atomic E-state index is 0.758. The second-order valence-corrected chi connectivity index (χ2v) is 33.9. The summed E-state index contributed by atoms with van der Waals surface area (Å²) in [4.78, 5) is 23.5. The quantitative estimate of drug-likeness (QED) is 0.136. The van der Waals surface area contributed by atoms with Crippen molar-refractivity contribution in [1.29, 1.82) is 0 Å². The third kappa shape index (κ3) is 12.4. The first-order valence-electron chi connectivity index (χ1n) is 44.7. The molecule has 0 bridgehead atoms. The summed E-state index contributed by atoms with van der Waals surface area (Å²) < 4.78 is 14.4. The SMILES string of the molecule is c1ccc(-c2cc(-c3cccc(-n4c5ccccc5c5cc6c7ccccc7n(-c7ccccc7)c6cc54)c3)nc3ccccc23)cc1.c1ccc(-n2c3ccccc3c3cc4c5ccccc5n(-c5cccc(-c6ccc7cccnc7n6)c5)c4cc32)cc1.c1ccc(-n2c3ccccc3c3cc4c5ccccc5n(-c5cccc(-c6ccnc7ncccc67)c5)c4cc32)cc1. The van der Waals surface area contributed by atoms with Gasteiger partial charge in [-0.1, -0.05) is 249 Å². The molecule has 0 saturated carbocycles. The summed E-state index contributed by atoms with van der Waals surface area (Å²) in [6.45, 7) is 0. The molecule has 11 nitrogen and oxygen atoms in total. The molecule has 0 unspecified atom stereocenters. The van der Waals surface area contributed by atoms with E-state index in [1.807, 2.05) is 24.4 Å². The molecular weight excluding hydrogens is 1610 g/mol. The lowest BCUT2D eigenvalue weighted by Gasteiger charge is -2.13. The van der Waals surface area contributed by atoms with Gasteiger partial charge in [0.2, 0.25) is 0 Å². The van der Waals surface area contributed by atoms with Gasteiger partial charge in [-0.25, -0.2) is 24.9 Å². The van der Waals surface area contributed by atoms with Crippen molar-refractivity contribution in [2.75, 3.05) is 0 Å². The van der Waals surface area contributed by atoms with E-state index < -0.39 is 0 Å². The minimum absolute atomic E-state index is 0.758. The van der Waals surface area contributed by atoms with Crippen LogP contribution in [-0.4, -0.2) is 52.3 Å². The monoisotopic (exact) mass is 1680 g/mol. The lowest BCUT2D eigenvalue weighted by atomic mass is 9.98. The molecule has 28 aromatic rings. The van der Waals surface area contributed by atoms with Crippen LogP contribution in [0.3, 0.4) is 0 Å². The normalized spacial score (nSPS) is 11.8. The zero-order valence-corrected chi connectivity index (χ0v) is 71.4. The van der Waals surface area contributed by atoms with Crippen LogP contribution in [0.15, 0.2) is 468 Å². The molecule has 132 heavy (non-hydrogen) atoms. The fraction of sp³-hybridized carbons (Fsp3) is 0. The van der Waals surface area contributed by atoms with E-state index in [1.165, 1.54) is 142 Å². The van der Waals surface area contributed by atoms with Gasteiger partial charge in [-0.05, 0) is 222 Å². The summed E-state index contributed by atoms with van der Waals surface area (Å²) in [6, 6.07) is 160. The van der Waals surface area contributed by atoms with E-state index in [0.29, 0.717) is 0 Å². The third-order valence-corrected chi connectivity index (χ3v) is 26.4. The van der Waals surface area contributed by atoms with Crippen LogP contribution in [0.1, 0.15) is 0 Å². The van der Waals surface area contributed by atoms with E-state index in [-0.39, 0.29) is 0 Å². The van der Waals surface area contributed by atoms with Crippen molar-refractivity contribution in [2.24, 2.45) is 0 Å². The molecule has 17 aromatic carbocycles. The van der Waals surface area contributed by atoms with Crippen LogP contribution in [0.2, 0.25) is 0 Å². The van der Waals surface area contributed by atoms with Crippen LogP contribution in [0.25, 0.3) is 243 Å². The lowest BCUT2D eigenvalue weighted by molar-refractivity contribution is 1.16. The standard InChI is InChI=1S/C45H29N3.2C38H24N4/c1-3-14-30(15-4-1)37-28-41(46-40-23-10-7-20-34(37)40)31-16-13-19-33(26-31)48-43-25-12-9-22-36(43)39-27-38-35-21-8-11-24-42(35)47(44(38)29-45(39)48)32-17-5-2-6-18-32;1-2-12-27(13-3-1)41-34-17-6-4-15-29(34)31-23-32-30-16-5-7-18-35(30)42(37(32)24-36(31)41)28-14-8-10-26(22-28)33-20-19-25-11-9-21-39-38(25)40-33;1-2-11-26(12-3-1)41-34-17-6-4-14-29(34)32-23-33-30-15-5-7-18-35(30)42(37(33)24-36(32)41)27-13-8-10-25(22-27)28-19-21-40-38-31(28)16-9-20-39-38/h1-29H;2*1-24H. The second-order valence-electron chi connectivity index (χ2n) is 33.9. The Morgan fingerprint density at radius 1 is 0.152 bits per heavy atom. The van der Waals surface area contributed by atoms with Gasteiger partial charge in [0.25, 0.3) is 0 Å². The number of fused-ring (bicyclic) bond motifs is 21. The van der Waals surface area contributed by atoms with E-state index in [0.717, 1.165) is 101 Å². The molecule has 0 fully saturated rings. The number of rotatable bonds is 10. The molecule has 0 aliphatic rings. The fourth-order valence-electron chi connectivity index (χ4n) is 20.6.